The summed E-state index contributed by atoms with van der Waals surface area (Å²) in [5.41, 5.74) is 2.10. The molecule has 1 aromatic heterocycles. The van der Waals surface area contributed by atoms with Gasteiger partial charge in [0.05, 0.1) is 13.3 Å². The fourth-order valence-corrected chi connectivity index (χ4v) is 2.00. The lowest BCUT2D eigenvalue weighted by molar-refractivity contribution is 0.411. The molecule has 0 bridgehead atoms. The largest absolute Gasteiger partial charge is 0.496 e. The van der Waals surface area contributed by atoms with Gasteiger partial charge >= 0.3 is 0 Å². The number of methoxy groups -OCH3 is 1. The maximum atomic E-state index is 5.78. The molecule has 0 atom stereocenters. The number of oxazole rings is 1. The highest BCUT2D eigenvalue weighted by atomic mass is 16.5. The van der Waals surface area contributed by atoms with Gasteiger partial charge < -0.3 is 14.5 Å². The predicted molar refractivity (Wildman–Crippen MR) is 80.1 cm³/mol. The Labute approximate surface area is 120 Å². The van der Waals surface area contributed by atoms with Crippen LogP contribution in [0.2, 0.25) is 0 Å². The summed E-state index contributed by atoms with van der Waals surface area (Å²) < 4.78 is 11.1. The van der Waals surface area contributed by atoms with Crippen LogP contribution in [0.4, 0.5) is 0 Å². The summed E-state index contributed by atoms with van der Waals surface area (Å²) in [4.78, 5) is 4.32. The average Bonchev–Trinajstić information content (AvgIpc) is 2.87. The zero-order chi connectivity index (χ0) is 14.5. The van der Waals surface area contributed by atoms with Gasteiger partial charge in [0.1, 0.15) is 5.75 Å². The first-order valence-electron chi connectivity index (χ1n) is 6.93. The summed E-state index contributed by atoms with van der Waals surface area (Å²) in [6.07, 6.45) is 2.57. The molecule has 0 aliphatic rings. The molecule has 1 heterocycles. The summed E-state index contributed by atoms with van der Waals surface area (Å²) in [5, 5.41) is 3.35. The number of benzene rings is 1. The summed E-state index contributed by atoms with van der Waals surface area (Å²) in [5.74, 6) is 2.40. The highest BCUT2D eigenvalue weighted by molar-refractivity contribution is 5.60. The van der Waals surface area contributed by atoms with Crippen LogP contribution < -0.4 is 10.1 Å². The van der Waals surface area contributed by atoms with Gasteiger partial charge in [-0.3, -0.25) is 0 Å². The Hall–Kier alpha value is -1.81. The van der Waals surface area contributed by atoms with Crippen molar-refractivity contribution in [2.24, 2.45) is 0 Å². The van der Waals surface area contributed by atoms with E-state index in [0.29, 0.717) is 6.04 Å². The molecule has 0 amide bonds. The molecule has 0 unspecified atom stereocenters. The molecule has 1 N–H and O–H groups in total. The number of nitrogens with zero attached hydrogens (tertiary/aromatic N) is 1. The molecular weight excluding hydrogens is 252 g/mol. The minimum atomic E-state index is 0.478. The second-order valence-corrected chi connectivity index (χ2v) is 5.16. The van der Waals surface area contributed by atoms with Crippen molar-refractivity contribution in [3.8, 4) is 17.1 Å². The molecule has 0 spiro atoms. The molecule has 0 aliphatic carbocycles. The number of aryl methyl sites for hydroxylation is 1. The van der Waals surface area contributed by atoms with Gasteiger partial charge in [-0.15, -0.1) is 0 Å². The molecule has 0 radical (unpaired) electrons. The summed E-state index contributed by atoms with van der Waals surface area (Å²) >= 11 is 0. The number of hydrogen-bond acceptors (Lipinski definition) is 4. The fourth-order valence-electron chi connectivity index (χ4n) is 2.00. The van der Waals surface area contributed by atoms with Crippen LogP contribution in [0, 0.1) is 6.92 Å². The van der Waals surface area contributed by atoms with E-state index < -0.39 is 0 Å². The molecule has 2 rings (SSSR count). The molecular formula is C16H22N2O2. The molecule has 0 fully saturated rings. The van der Waals surface area contributed by atoms with Crippen LogP contribution in [0.15, 0.2) is 28.8 Å². The Morgan fingerprint density at radius 2 is 2.15 bits per heavy atom. The minimum absolute atomic E-state index is 0.478. The maximum absolute atomic E-state index is 5.78. The number of nitrogens with one attached hydrogen (secondary N) is 1. The fraction of sp³-hybridized carbons (Fsp3) is 0.438. The van der Waals surface area contributed by atoms with Crippen molar-refractivity contribution in [1.82, 2.24) is 10.3 Å². The van der Waals surface area contributed by atoms with E-state index in [1.807, 2.05) is 25.1 Å². The van der Waals surface area contributed by atoms with E-state index in [4.69, 9.17) is 9.15 Å². The van der Waals surface area contributed by atoms with Gasteiger partial charge in [0, 0.05) is 24.6 Å². The van der Waals surface area contributed by atoms with Crippen molar-refractivity contribution < 1.29 is 9.15 Å². The van der Waals surface area contributed by atoms with Crippen molar-refractivity contribution in [3.05, 3.63) is 35.9 Å². The number of hydrogen-bond donors (Lipinski definition) is 1. The van der Waals surface area contributed by atoms with Gasteiger partial charge in [-0.1, -0.05) is 26.0 Å². The lowest BCUT2D eigenvalue weighted by Crippen LogP contribution is -2.24. The van der Waals surface area contributed by atoms with E-state index in [0.717, 1.165) is 41.5 Å². The molecule has 2 aromatic rings. The molecule has 4 heteroatoms. The van der Waals surface area contributed by atoms with Crippen LogP contribution in [0.25, 0.3) is 11.3 Å². The zero-order valence-corrected chi connectivity index (χ0v) is 12.6. The first kappa shape index (κ1) is 14.6. The lowest BCUT2D eigenvalue weighted by Gasteiger charge is -2.06. The van der Waals surface area contributed by atoms with E-state index in [9.17, 15) is 0 Å². The van der Waals surface area contributed by atoms with Gasteiger partial charge in [0.25, 0.3) is 0 Å². The van der Waals surface area contributed by atoms with Crippen LogP contribution >= 0.6 is 0 Å². The number of rotatable bonds is 6. The normalized spacial score (nSPS) is 11.1. The van der Waals surface area contributed by atoms with Crippen LogP contribution in [0.5, 0.6) is 5.75 Å². The monoisotopic (exact) mass is 274 g/mol. The van der Waals surface area contributed by atoms with E-state index in [2.05, 4.69) is 24.1 Å². The van der Waals surface area contributed by atoms with E-state index >= 15 is 0 Å². The Kier molecular flexibility index (Phi) is 4.79. The van der Waals surface area contributed by atoms with Gasteiger partial charge in [0.2, 0.25) is 0 Å². The van der Waals surface area contributed by atoms with Crippen molar-refractivity contribution in [3.63, 3.8) is 0 Å². The zero-order valence-electron chi connectivity index (χ0n) is 12.6. The van der Waals surface area contributed by atoms with Crippen LogP contribution in [0.1, 0.15) is 25.3 Å². The Balaban J connectivity index is 2.08. The first-order chi connectivity index (χ1) is 9.60. The predicted octanol–water partition coefficient (Wildman–Crippen LogP) is 3.20. The lowest BCUT2D eigenvalue weighted by atomic mass is 10.1. The SMILES string of the molecule is COc1cc(-c2cnc(CCNC(C)C)o2)ccc1C. The Morgan fingerprint density at radius 3 is 2.85 bits per heavy atom. The van der Waals surface area contributed by atoms with Crippen LogP contribution in [0.3, 0.4) is 0 Å². The van der Waals surface area contributed by atoms with Gasteiger partial charge in [-0.05, 0) is 18.6 Å². The van der Waals surface area contributed by atoms with Gasteiger partial charge in [-0.25, -0.2) is 4.98 Å². The van der Waals surface area contributed by atoms with Crippen molar-refractivity contribution in [2.75, 3.05) is 13.7 Å². The minimum Gasteiger partial charge on any atom is -0.496 e. The molecule has 0 saturated carbocycles. The topological polar surface area (TPSA) is 47.3 Å². The van der Waals surface area contributed by atoms with Crippen molar-refractivity contribution in [1.29, 1.82) is 0 Å². The third-order valence-corrected chi connectivity index (χ3v) is 3.14. The number of ether oxygens (including phenoxy) is 1. The standard InChI is InChI=1S/C16H22N2O2/c1-11(2)17-8-7-16-18-10-15(20-16)13-6-5-12(3)14(9-13)19-4/h5-6,9-11,17H,7-8H2,1-4H3. The molecule has 4 nitrogen and oxygen atoms in total. The van der Waals surface area contributed by atoms with Crippen LogP contribution in [-0.2, 0) is 6.42 Å². The number of aromatic nitrogens is 1. The van der Waals surface area contributed by atoms with Gasteiger partial charge in [0.15, 0.2) is 11.7 Å². The molecule has 108 valence electrons. The molecule has 0 saturated heterocycles. The Bertz CT molecular complexity index is 561. The van der Waals surface area contributed by atoms with Crippen LogP contribution in [-0.4, -0.2) is 24.7 Å². The van der Waals surface area contributed by atoms with E-state index in [1.165, 1.54) is 0 Å². The second kappa shape index (κ2) is 6.57. The highest BCUT2D eigenvalue weighted by Crippen LogP contribution is 2.27. The highest BCUT2D eigenvalue weighted by Gasteiger charge is 2.08. The first-order valence-corrected chi connectivity index (χ1v) is 6.93. The van der Waals surface area contributed by atoms with Crippen molar-refractivity contribution in [2.45, 2.75) is 33.2 Å². The summed E-state index contributed by atoms with van der Waals surface area (Å²) in [7, 11) is 1.68. The van der Waals surface area contributed by atoms with E-state index in [1.54, 1.807) is 13.3 Å². The third-order valence-electron chi connectivity index (χ3n) is 3.14. The molecule has 20 heavy (non-hydrogen) atoms. The maximum Gasteiger partial charge on any atom is 0.196 e. The quantitative estimate of drug-likeness (QED) is 0.878. The summed E-state index contributed by atoms with van der Waals surface area (Å²) in [6.45, 7) is 7.14. The second-order valence-electron chi connectivity index (χ2n) is 5.16. The third kappa shape index (κ3) is 3.61. The average molecular weight is 274 g/mol. The summed E-state index contributed by atoms with van der Waals surface area (Å²) in [6, 6.07) is 6.50. The van der Waals surface area contributed by atoms with Gasteiger partial charge in [-0.2, -0.15) is 0 Å². The smallest absolute Gasteiger partial charge is 0.196 e. The molecule has 0 aliphatic heterocycles. The Morgan fingerprint density at radius 1 is 1.35 bits per heavy atom. The molecule has 1 aromatic carbocycles. The van der Waals surface area contributed by atoms with Crippen molar-refractivity contribution >= 4 is 0 Å². The van der Waals surface area contributed by atoms with E-state index in [-0.39, 0.29) is 0 Å².